The summed E-state index contributed by atoms with van der Waals surface area (Å²) in [4.78, 5) is 2.62. The highest BCUT2D eigenvalue weighted by atomic mass is 35.5. The molecular weight excluding hydrogens is 279 g/mol. The van der Waals surface area contributed by atoms with E-state index in [9.17, 15) is 0 Å². The van der Waals surface area contributed by atoms with Crippen LogP contribution in [-0.2, 0) is 0 Å². The number of nitrogens with zero attached hydrogens (tertiary/aromatic N) is 1. The van der Waals surface area contributed by atoms with E-state index in [2.05, 4.69) is 40.5 Å². The van der Waals surface area contributed by atoms with E-state index in [4.69, 9.17) is 0 Å². The number of likely N-dealkylation sites (tertiary alicyclic amines) is 1. The molecule has 2 nitrogen and oxygen atoms in total. The van der Waals surface area contributed by atoms with Crippen LogP contribution in [0.1, 0.15) is 32.1 Å². The van der Waals surface area contributed by atoms with E-state index in [-0.39, 0.29) is 24.8 Å². The van der Waals surface area contributed by atoms with Crippen LogP contribution in [0.5, 0.6) is 0 Å². The maximum atomic E-state index is 3.47. The standard InChI is InChI=1S/C15H24N2.2ClH/c1-2-7-13-17(12-6-1)14-8-11-16-15-9-4-3-5-10-15;;/h3-5,9-10,16H,1-2,6-8,11-14H2;2*1H. The van der Waals surface area contributed by atoms with E-state index >= 15 is 0 Å². The Labute approximate surface area is 129 Å². The Kier molecular flexibility index (Phi) is 11.1. The van der Waals surface area contributed by atoms with E-state index in [0.717, 1.165) is 6.54 Å². The third kappa shape index (κ3) is 7.66. The Balaban J connectivity index is 0.00000162. The minimum absolute atomic E-state index is 0. The number of halogens is 2. The van der Waals surface area contributed by atoms with Gasteiger partial charge < -0.3 is 10.2 Å². The number of hydrogen-bond acceptors (Lipinski definition) is 2. The Morgan fingerprint density at radius 3 is 2.16 bits per heavy atom. The molecule has 0 amide bonds. The lowest BCUT2D eigenvalue weighted by atomic mass is 10.2. The molecular formula is C15H26Cl2N2. The summed E-state index contributed by atoms with van der Waals surface area (Å²) in [7, 11) is 0. The van der Waals surface area contributed by atoms with Gasteiger partial charge in [-0.25, -0.2) is 0 Å². The van der Waals surface area contributed by atoms with Crippen molar-refractivity contribution in [2.45, 2.75) is 32.1 Å². The summed E-state index contributed by atoms with van der Waals surface area (Å²) in [5.74, 6) is 0. The van der Waals surface area contributed by atoms with Crippen molar-refractivity contribution in [1.29, 1.82) is 0 Å². The van der Waals surface area contributed by atoms with Gasteiger partial charge in [-0.3, -0.25) is 0 Å². The van der Waals surface area contributed by atoms with Crippen LogP contribution < -0.4 is 5.32 Å². The van der Waals surface area contributed by atoms with Crippen molar-refractivity contribution in [3.05, 3.63) is 30.3 Å². The second-order valence-corrected chi connectivity index (χ2v) is 4.90. The molecule has 0 atom stereocenters. The first-order chi connectivity index (χ1) is 8.45. The van der Waals surface area contributed by atoms with Crippen LogP contribution in [0.4, 0.5) is 5.69 Å². The molecule has 0 unspecified atom stereocenters. The minimum Gasteiger partial charge on any atom is -0.385 e. The van der Waals surface area contributed by atoms with Gasteiger partial charge in [0.05, 0.1) is 0 Å². The van der Waals surface area contributed by atoms with Crippen molar-refractivity contribution in [3.8, 4) is 0 Å². The van der Waals surface area contributed by atoms with Crippen molar-refractivity contribution in [1.82, 2.24) is 4.90 Å². The summed E-state index contributed by atoms with van der Waals surface area (Å²) < 4.78 is 0. The molecule has 0 aliphatic carbocycles. The number of hydrogen-bond donors (Lipinski definition) is 1. The highest BCUT2D eigenvalue weighted by molar-refractivity contribution is 5.85. The second-order valence-electron chi connectivity index (χ2n) is 4.90. The average Bonchev–Trinajstić information content (AvgIpc) is 2.65. The lowest BCUT2D eigenvalue weighted by Crippen LogP contribution is -2.27. The fourth-order valence-corrected chi connectivity index (χ4v) is 2.45. The van der Waals surface area contributed by atoms with E-state index in [0.29, 0.717) is 0 Å². The number of rotatable bonds is 5. The Hall–Kier alpha value is -0.440. The first-order valence-electron chi connectivity index (χ1n) is 6.96. The zero-order valence-corrected chi connectivity index (χ0v) is 13.1. The van der Waals surface area contributed by atoms with Gasteiger partial charge in [0.2, 0.25) is 0 Å². The van der Waals surface area contributed by atoms with E-state index in [1.54, 1.807) is 0 Å². The van der Waals surface area contributed by atoms with Gasteiger partial charge in [0.25, 0.3) is 0 Å². The molecule has 1 saturated heterocycles. The highest BCUT2D eigenvalue weighted by Crippen LogP contribution is 2.10. The fourth-order valence-electron chi connectivity index (χ4n) is 2.45. The summed E-state index contributed by atoms with van der Waals surface area (Å²) in [6.45, 7) is 4.96. The number of para-hydroxylation sites is 1. The SMILES string of the molecule is Cl.Cl.c1ccc(NCCCN2CCCCCC2)cc1. The first kappa shape index (κ1) is 18.6. The summed E-state index contributed by atoms with van der Waals surface area (Å²) in [5.41, 5.74) is 1.24. The van der Waals surface area contributed by atoms with E-state index < -0.39 is 0 Å². The third-order valence-electron chi connectivity index (χ3n) is 3.45. The summed E-state index contributed by atoms with van der Waals surface area (Å²) >= 11 is 0. The molecule has 19 heavy (non-hydrogen) atoms. The van der Waals surface area contributed by atoms with Gasteiger partial charge in [0.1, 0.15) is 0 Å². The zero-order valence-electron chi connectivity index (χ0n) is 11.5. The molecule has 0 saturated carbocycles. The molecule has 1 N–H and O–H groups in total. The topological polar surface area (TPSA) is 15.3 Å². The normalized spacial score (nSPS) is 15.8. The summed E-state index contributed by atoms with van der Waals surface area (Å²) in [5, 5.41) is 3.47. The molecule has 0 radical (unpaired) electrons. The van der Waals surface area contributed by atoms with Crippen LogP contribution in [0.15, 0.2) is 30.3 Å². The second kappa shape index (κ2) is 11.4. The number of benzene rings is 1. The summed E-state index contributed by atoms with van der Waals surface area (Å²) in [6.07, 6.45) is 6.89. The lowest BCUT2D eigenvalue weighted by Gasteiger charge is -2.19. The molecule has 0 spiro atoms. The lowest BCUT2D eigenvalue weighted by molar-refractivity contribution is 0.284. The van der Waals surface area contributed by atoms with Gasteiger partial charge in [-0.05, 0) is 51.0 Å². The van der Waals surface area contributed by atoms with Crippen LogP contribution in [0.25, 0.3) is 0 Å². The van der Waals surface area contributed by atoms with Crippen molar-refractivity contribution < 1.29 is 0 Å². The predicted molar refractivity (Wildman–Crippen MR) is 89.0 cm³/mol. The smallest absolute Gasteiger partial charge is 0.0340 e. The minimum atomic E-state index is 0. The van der Waals surface area contributed by atoms with Crippen molar-refractivity contribution in [3.63, 3.8) is 0 Å². The molecule has 1 aliphatic heterocycles. The Morgan fingerprint density at radius 2 is 1.53 bits per heavy atom. The molecule has 1 aliphatic rings. The quantitative estimate of drug-likeness (QED) is 0.820. The monoisotopic (exact) mass is 304 g/mol. The highest BCUT2D eigenvalue weighted by Gasteiger charge is 2.07. The molecule has 2 rings (SSSR count). The molecule has 1 heterocycles. The van der Waals surface area contributed by atoms with Gasteiger partial charge in [-0.1, -0.05) is 31.0 Å². The maximum absolute atomic E-state index is 3.47. The van der Waals surface area contributed by atoms with Crippen molar-refractivity contribution >= 4 is 30.5 Å². The number of nitrogens with one attached hydrogen (secondary N) is 1. The molecule has 1 aromatic carbocycles. The van der Waals surface area contributed by atoms with Crippen molar-refractivity contribution in [2.24, 2.45) is 0 Å². The molecule has 0 bridgehead atoms. The van der Waals surface area contributed by atoms with Crippen LogP contribution in [0.2, 0.25) is 0 Å². The van der Waals surface area contributed by atoms with Gasteiger partial charge >= 0.3 is 0 Å². The van der Waals surface area contributed by atoms with Crippen LogP contribution in [0.3, 0.4) is 0 Å². The van der Waals surface area contributed by atoms with Crippen LogP contribution in [-0.4, -0.2) is 31.1 Å². The third-order valence-corrected chi connectivity index (χ3v) is 3.45. The fraction of sp³-hybridized carbons (Fsp3) is 0.600. The largest absolute Gasteiger partial charge is 0.385 e. The van der Waals surface area contributed by atoms with Gasteiger partial charge in [0.15, 0.2) is 0 Å². The molecule has 110 valence electrons. The summed E-state index contributed by atoms with van der Waals surface area (Å²) in [6, 6.07) is 10.5. The molecule has 1 fully saturated rings. The molecule has 0 aromatic heterocycles. The van der Waals surface area contributed by atoms with E-state index in [1.165, 1.54) is 57.4 Å². The maximum Gasteiger partial charge on any atom is 0.0340 e. The van der Waals surface area contributed by atoms with Gasteiger partial charge in [0, 0.05) is 12.2 Å². The van der Waals surface area contributed by atoms with Crippen molar-refractivity contribution in [2.75, 3.05) is 31.5 Å². The van der Waals surface area contributed by atoms with Gasteiger partial charge in [-0.15, -0.1) is 24.8 Å². The Bertz CT molecular complexity index is 298. The molecule has 4 heteroatoms. The van der Waals surface area contributed by atoms with Crippen LogP contribution >= 0.6 is 24.8 Å². The zero-order chi connectivity index (χ0) is 11.8. The van der Waals surface area contributed by atoms with Crippen LogP contribution in [0, 0.1) is 0 Å². The Morgan fingerprint density at radius 1 is 0.895 bits per heavy atom. The predicted octanol–water partition coefficient (Wildman–Crippen LogP) is 4.21. The van der Waals surface area contributed by atoms with Gasteiger partial charge in [-0.2, -0.15) is 0 Å². The van der Waals surface area contributed by atoms with E-state index in [1.807, 2.05) is 0 Å². The average molecular weight is 305 g/mol. The number of anilines is 1. The first-order valence-corrected chi connectivity index (χ1v) is 6.96. The molecule has 1 aromatic rings.